The molecule has 0 radical (unpaired) electrons. The third kappa shape index (κ3) is 2.75. The molecule has 0 spiro atoms. The molecule has 1 aromatic carbocycles. The third-order valence-corrected chi connectivity index (χ3v) is 3.39. The van der Waals surface area contributed by atoms with Gasteiger partial charge in [0.05, 0.1) is 6.04 Å². The number of aryl methyl sites for hydroxylation is 1. The summed E-state index contributed by atoms with van der Waals surface area (Å²) in [7, 11) is 0. The molecule has 2 aromatic rings. The van der Waals surface area contributed by atoms with E-state index in [-0.39, 0.29) is 11.9 Å². The molecular weight excluding hydrogens is 297 g/mol. The van der Waals surface area contributed by atoms with Gasteiger partial charge in [-0.3, -0.25) is 10.8 Å². The fourth-order valence-corrected chi connectivity index (χ4v) is 2.31. The molecule has 94 valence electrons. The van der Waals surface area contributed by atoms with E-state index >= 15 is 0 Å². The van der Waals surface area contributed by atoms with Crippen molar-refractivity contribution < 1.29 is 4.39 Å². The number of hydrogen-bond acceptors (Lipinski definition) is 3. The average Bonchev–Trinajstić information content (AvgIpc) is 2.35. The van der Waals surface area contributed by atoms with Gasteiger partial charge in [0.25, 0.3) is 0 Å². The van der Waals surface area contributed by atoms with Crippen molar-refractivity contribution in [3.63, 3.8) is 0 Å². The Morgan fingerprint density at radius 1 is 1.33 bits per heavy atom. The van der Waals surface area contributed by atoms with Crippen LogP contribution in [0.3, 0.4) is 0 Å². The Kier molecular flexibility index (Phi) is 4.06. The van der Waals surface area contributed by atoms with E-state index in [9.17, 15) is 4.39 Å². The molecule has 1 unspecified atom stereocenters. The Morgan fingerprint density at radius 3 is 2.78 bits per heavy atom. The van der Waals surface area contributed by atoms with Gasteiger partial charge >= 0.3 is 0 Å². The van der Waals surface area contributed by atoms with Crippen LogP contribution in [0.25, 0.3) is 0 Å². The number of halogens is 2. The van der Waals surface area contributed by atoms with Crippen LogP contribution < -0.4 is 11.3 Å². The second-order valence-electron chi connectivity index (χ2n) is 4.06. The van der Waals surface area contributed by atoms with Crippen LogP contribution in [-0.4, -0.2) is 4.98 Å². The monoisotopic (exact) mass is 309 g/mol. The van der Waals surface area contributed by atoms with Crippen molar-refractivity contribution in [2.45, 2.75) is 13.0 Å². The zero-order chi connectivity index (χ0) is 13.1. The molecule has 3 N–H and O–H groups in total. The van der Waals surface area contributed by atoms with Gasteiger partial charge in [0.1, 0.15) is 5.82 Å². The Hall–Kier alpha value is -1.30. The molecule has 1 atom stereocenters. The van der Waals surface area contributed by atoms with Crippen molar-refractivity contribution in [2.75, 3.05) is 0 Å². The lowest BCUT2D eigenvalue weighted by atomic mass is 10.00. The molecule has 1 heterocycles. The Labute approximate surface area is 113 Å². The first-order chi connectivity index (χ1) is 8.61. The molecular formula is C13H13BrFN3. The molecule has 1 aromatic heterocycles. The minimum Gasteiger partial charge on any atom is -0.271 e. The summed E-state index contributed by atoms with van der Waals surface area (Å²) in [6, 6.07) is 6.18. The smallest absolute Gasteiger partial charge is 0.123 e. The van der Waals surface area contributed by atoms with E-state index in [4.69, 9.17) is 5.84 Å². The summed E-state index contributed by atoms with van der Waals surface area (Å²) < 4.78 is 14.1. The summed E-state index contributed by atoms with van der Waals surface area (Å²) in [4.78, 5) is 4.13. The summed E-state index contributed by atoms with van der Waals surface area (Å²) in [5.41, 5.74) is 5.35. The topological polar surface area (TPSA) is 50.9 Å². The summed E-state index contributed by atoms with van der Waals surface area (Å²) in [6.07, 6.45) is 3.48. The van der Waals surface area contributed by atoms with Crippen LogP contribution in [0, 0.1) is 12.7 Å². The molecule has 0 amide bonds. The fourth-order valence-electron chi connectivity index (χ4n) is 1.84. The van der Waals surface area contributed by atoms with Gasteiger partial charge in [0, 0.05) is 16.9 Å². The number of nitrogens with zero attached hydrogens (tertiary/aromatic N) is 1. The highest BCUT2D eigenvalue weighted by molar-refractivity contribution is 9.10. The highest BCUT2D eigenvalue weighted by Gasteiger charge is 2.16. The Balaban J connectivity index is 2.48. The number of hydrogen-bond donors (Lipinski definition) is 2. The van der Waals surface area contributed by atoms with Gasteiger partial charge in [-0.2, -0.15) is 0 Å². The molecule has 0 bridgehead atoms. The maximum absolute atomic E-state index is 13.3. The van der Waals surface area contributed by atoms with Gasteiger partial charge in [-0.1, -0.05) is 22.0 Å². The zero-order valence-corrected chi connectivity index (χ0v) is 11.4. The lowest BCUT2D eigenvalue weighted by Gasteiger charge is -2.18. The predicted octanol–water partition coefficient (Wildman–Crippen LogP) is 2.84. The molecule has 0 aliphatic rings. The average molecular weight is 310 g/mol. The Morgan fingerprint density at radius 2 is 2.11 bits per heavy atom. The first-order valence-electron chi connectivity index (χ1n) is 5.44. The highest BCUT2D eigenvalue weighted by atomic mass is 79.9. The standard InChI is InChI=1S/C13H13BrFN3/c1-8-4-9(7-17-6-8)13(18-16)11-5-10(15)2-3-12(11)14/h2-7,13,18H,16H2,1H3. The second kappa shape index (κ2) is 5.56. The molecule has 0 fully saturated rings. The molecule has 5 heteroatoms. The van der Waals surface area contributed by atoms with E-state index in [1.54, 1.807) is 18.5 Å². The van der Waals surface area contributed by atoms with Gasteiger partial charge in [-0.15, -0.1) is 0 Å². The van der Waals surface area contributed by atoms with Crippen LogP contribution in [0.1, 0.15) is 22.7 Å². The number of pyridine rings is 1. The SMILES string of the molecule is Cc1cncc(C(NN)c2cc(F)ccc2Br)c1. The molecule has 18 heavy (non-hydrogen) atoms. The normalized spacial score (nSPS) is 12.4. The van der Waals surface area contributed by atoms with Crippen molar-refractivity contribution in [1.29, 1.82) is 0 Å². The van der Waals surface area contributed by atoms with Crippen LogP contribution in [-0.2, 0) is 0 Å². The molecule has 0 aliphatic heterocycles. The molecule has 2 rings (SSSR count). The second-order valence-corrected chi connectivity index (χ2v) is 4.92. The first-order valence-corrected chi connectivity index (χ1v) is 6.23. The van der Waals surface area contributed by atoms with E-state index in [0.29, 0.717) is 0 Å². The number of hydrazine groups is 1. The summed E-state index contributed by atoms with van der Waals surface area (Å²) >= 11 is 3.41. The lowest BCUT2D eigenvalue weighted by molar-refractivity contribution is 0.602. The van der Waals surface area contributed by atoms with E-state index in [0.717, 1.165) is 21.2 Å². The van der Waals surface area contributed by atoms with Gasteiger partial charge in [-0.05, 0) is 41.8 Å². The van der Waals surface area contributed by atoms with Crippen LogP contribution in [0.5, 0.6) is 0 Å². The summed E-state index contributed by atoms with van der Waals surface area (Å²) in [6.45, 7) is 1.95. The van der Waals surface area contributed by atoms with Crippen LogP contribution >= 0.6 is 15.9 Å². The number of aromatic nitrogens is 1. The summed E-state index contributed by atoms with van der Waals surface area (Å²) in [5, 5.41) is 0. The van der Waals surface area contributed by atoms with Crippen LogP contribution in [0.2, 0.25) is 0 Å². The zero-order valence-electron chi connectivity index (χ0n) is 9.82. The fraction of sp³-hybridized carbons (Fsp3) is 0.154. The lowest BCUT2D eigenvalue weighted by Crippen LogP contribution is -2.29. The number of nitrogens with one attached hydrogen (secondary N) is 1. The molecule has 0 saturated carbocycles. The Bertz CT molecular complexity index is 560. The number of nitrogens with two attached hydrogens (primary N) is 1. The van der Waals surface area contributed by atoms with Crippen LogP contribution in [0.15, 0.2) is 41.1 Å². The quantitative estimate of drug-likeness (QED) is 0.677. The van der Waals surface area contributed by atoms with E-state index in [2.05, 4.69) is 26.3 Å². The third-order valence-electron chi connectivity index (χ3n) is 2.67. The van der Waals surface area contributed by atoms with Gasteiger partial charge in [0.15, 0.2) is 0 Å². The van der Waals surface area contributed by atoms with E-state index < -0.39 is 0 Å². The highest BCUT2D eigenvalue weighted by Crippen LogP contribution is 2.28. The van der Waals surface area contributed by atoms with Crippen molar-refractivity contribution >= 4 is 15.9 Å². The van der Waals surface area contributed by atoms with Gasteiger partial charge in [-0.25, -0.2) is 9.82 Å². The van der Waals surface area contributed by atoms with Gasteiger partial charge < -0.3 is 0 Å². The molecule has 0 aliphatic carbocycles. The first kappa shape index (κ1) is 13.1. The molecule has 0 saturated heterocycles. The number of benzene rings is 1. The van der Waals surface area contributed by atoms with Crippen molar-refractivity contribution in [2.24, 2.45) is 5.84 Å². The maximum Gasteiger partial charge on any atom is 0.123 e. The van der Waals surface area contributed by atoms with Crippen molar-refractivity contribution in [3.8, 4) is 0 Å². The van der Waals surface area contributed by atoms with Gasteiger partial charge in [0.2, 0.25) is 0 Å². The van der Waals surface area contributed by atoms with E-state index in [1.807, 2.05) is 13.0 Å². The molecule has 3 nitrogen and oxygen atoms in total. The largest absolute Gasteiger partial charge is 0.271 e. The van der Waals surface area contributed by atoms with Crippen molar-refractivity contribution in [1.82, 2.24) is 10.4 Å². The predicted molar refractivity (Wildman–Crippen MR) is 72.2 cm³/mol. The minimum absolute atomic E-state index is 0.297. The van der Waals surface area contributed by atoms with E-state index in [1.165, 1.54) is 12.1 Å². The van der Waals surface area contributed by atoms with Crippen LogP contribution in [0.4, 0.5) is 4.39 Å². The van der Waals surface area contributed by atoms with Crippen molar-refractivity contribution in [3.05, 3.63) is 63.6 Å². The number of rotatable bonds is 3. The summed E-state index contributed by atoms with van der Waals surface area (Å²) in [5.74, 6) is 5.29. The maximum atomic E-state index is 13.3. The minimum atomic E-state index is -0.303.